The van der Waals surface area contributed by atoms with Gasteiger partial charge in [0.2, 0.25) is 0 Å². The van der Waals surface area contributed by atoms with Crippen molar-refractivity contribution < 1.29 is 13.3 Å². The summed E-state index contributed by atoms with van der Waals surface area (Å²) in [5.74, 6) is 0. The first-order valence-electron chi connectivity index (χ1n) is 3.20. The molecule has 0 fully saturated rings. The van der Waals surface area contributed by atoms with Crippen LogP contribution in [-0.2, 0) is 13.3 Å². The summed E-state index contributed by atoms with van der Waals surface area (Å²) in [6.45, 7) is 3.54. The summed E-state index contributed by atoms with van der Waals surface area (Å²) in [7, 11) is 2.20. The summed E-state index contributed by atoms with van der Waals surface area (Å²) in [6, 6.07) is 0. The predicted octanol–water partition coefficient (Wildman–Crippen LogP) is 0.765. The van der Waals surface area contributed by atoms with Gasteiger partial charge in [0.15, 0.2) is 0 Å². The van der Waals surface area contributed by atoms with Gasteiger partial charge >= 0.3 is 8.80 Å². The first-order chi connectivity index (χ1) is 5.24. The first kappa shape index (κ1) is 14.3. The average molecular weight is 202 g/mol. The van der Waals surface area contributed by atoms with Gasteiger partial charge in [0.1, 0.15) is 0 Å². The van der Waals surface area contributed by atoms with Crippen LogP contribution in [0.15, 0.2) is 24.4 Å². The highest BCUT2D eigenvalue weighted by atomic mass is 28.4. The van der Waals surface area contributed by atoms with Crippen LogP contribution in [0.3, 0.4) is 0 Å². The van der Waals surface area contributed by atoms with Gasteiger partial charge in [-0.1, -0.05) is 18.7 Å². The molecular formula is C7H14O3Si2. The third kappa shape index (κ3) is 3.98. The SMILES string of the molecule is C=CC=C[Si](OC)(OC)OC.[Si]. The van der Waals surface area contributed by atoms with Gasteiger partial charge in [0, 0.05) is 32.3 Å². The molecule has 0 amide bonds. The van der Waals surface area contributed by atoms with Gasteiger partial charge in [-0.3, -0.25) is 0 Å². The van der Waals surface area contributed by atoms with Crippen molar-refractivity contribution in [1.29, 1.82) is 0 Å². The molecule has 0 saturated heterocycles. The molecule has 12 heavy (non-hydrogen) atoms. The lowest BCUT2D eigenvalue weighted by Gasteiger charge is -2.19. The molecule has 0 aliphatic rings. The van der Waals surface area contributed by atoms with E-state index in [0.717, 1.165) is 0 Å². The second-order valence-corrected chi connectivity index (χ2v) is 4.58. The number of hydrogen-bond acceptors (Lipinski definition) is 3. The monoisotopic (exact) mass is 202 g/mol. The molecule has 0 aliphatic carbocycles. The maximum Gasteiger partial charge on any atom is 0.528 e. The molecule has 0 aromatic heterocycles. The van der Waals surface area contributed by atoms with Crippen molar-refractivity contribution in [2.45, 2.75) is 0 Å². The summed E-state index contributed by atoms with van der Waals surface area (Å²) in [5.41, 5.74) is 1.76. The lowest BCUT2D eigenvalue weighted by Crippen LogP contribution is -2.40. The van der Waals surface area contributed by atoms with Crippen LogP contribution in [0, 0.1) is 0 Å². The van der Waals surface area contributed by atoms with Crippen LogP contribution in [0.5, 0.6) is 0 Å². The fraction of sp³-hybridized carbons (Fsp3) is 0.429. The Balaban J connectivity index is 0. The number of allylic oxidation sites excluding steroid dienone is 2. The molecule has 0 aromatic rings. The average Bonchev–Trinajstić information content (AvgIpc) is 2.08. The van der Waals surface area contributed by atoms with Gasteiger partial charge in [-0.15, -0.1) is 0 Å². The van der Waals surface area contributed by atoms with E-state index >= 15 is 0 Å². The van der Waals surface area contributed by atoms with E-state index in [4.69, 9.17) is 13.3 Å². The van der Waals surface area contributed by atoms with E-state index in [-0.39, 0.29) is 11.0 Å². The minimum absolute atomic E-state index is 0. The fourth-order valence-corrected chi connectivity index (χ4v) is 1.92. The summed E-state index contributed by atoms with van der Waals surface area (Å²) < 4.78 is 15.3. The predicted molar refractivity (Wildman–Crippen MR) is 51.9 cm³/mol. The molecule has 3 nitrogen and oxygen atoms in total. The normalized spacial score (nSPS) is 11.2. The molecule has 0 saturated carbocycles. The van der Waals surface area contributed by atoms with E-state index in [2.05, 4.69) is 6.58 Å². The lowest BCUT2D eigenvalue weighted by molar-refractivity contribution is 0.138. The van der Waals surface area contributed by atoms with Crippen LogP contribution >= 0.6 is 0 Å². The Morgan fingerprint density at radius 3 is 1.75 bits per heavy atom. The molecular weight excluding hydrogens is 188 g/mol. The third-order valence-corrected chi connectivity index (χ3v) is 3.60. The molecule has 0 atom stereocenters. The van der Waals surface area contributed by atoms with Crippen LogP contribution in [-0.4, -0.2) is 41.1 Å². The minimum atomic E-state index is -2.49. The number of hydrogen-bond donors (Lipinski definition) is 0. The summed E-state index contributed by atoms with van der Waals surface area (Å²) >= 11 is 0. The second-order valence-electron chi connectivity index (χ2n) is 1.81. The zero-order valence-electron chi connectivity index (χ0n) is 7.66. The summed E-state index contributed by atoms with van der Waals surface area (Å²) in [5, 5.41) is 0. The van der Waals surface area contributed by atoms with Gasteiger partial charge in [-0.25, -0.2) is 0 Å². The first-order valence-corrected chi connectivity index (χ1v) is 5.00. The highest BCUT2D eigenvalue weighted by Crippen LogP contribution is 2.06. The van der Waals surface area contributed by atoms with Crippen molar-refractivity contribution in [2.75, 3.05) is 21.3 Å². The molecule has 0 bridgehead atoms. The van der Waals surface area contributed by atoms with E-state index in [1.807, 2.05) is 0 Å². The van der Waals surface area contributed by atoms with Crippen LogP contribution in [0.1, 0.15) is 0 Å². The molecule has 5 heteroatoms. The maximum absolute atomic E-state index is 5.10. The lowest BCUT2D eigenvalue weighted by atomic mass is 10.6. The zero-order chi connectivity index (χ0) is 8.74. The Morgan fingerprint density at radius 2 is 1.50 bits per heavy atom. The van der Waals surface area contributed by atoms with Crippen molar-refractivity contribution >= 4 is 19.8 Å². The van der Waals surface area contributed by atoms with E-state index in [0.29, 0.717) is 0 Å². The van der Waals surface area contributed by atoms with Gasteiger partial charge in [-0.2, -0.15) is 0 Å². The Morgan fingerprint density at radius 1 is 1.08 bits per heavy atom. The van der Waals surface area contributed by atoms with Crippen LogP contribution in [0.2, 0.25) is 0 Å². The largest absolute Gasteiger partial charge is 0.528 e. The molecule has 68 valence electrons. The van der Waals surface area contributed by atoms with E-state index in [1.54, 1.807) is 39.2 Å². The molecule has 0 aliphatic heterocycles. The van der Waals surface area contributed by atoms with Crippen LogP contribution in [0.4, 0.5) is 0 Å². The van der Waals surface area contributed by atoms with Crippen molar-refractivity contribution in [3.05, 3.63) is 24.4 Å². The smallest absolute Gasteiger partial charge is 0.374 e. The summed E-state index contributed by atoms with van der Waals surface area (Å²) in [4.78, 5) is 0. The third-order valence-electron chi connectivity index (χ3n) is 1.29. The topological polar surface area (TPSA) is 27.7 Å². The van der Waals surface area contributed by atoms with E-state index in [9.17, 15) is 0 Å². The highest BCUT2D eigenvalue weighted by Gasteiger charge is 2.33. The zero-order valence-corrected chi connectivity index (χ0v) is 9.66. The fourth-order valence-electron chi connectivity index (χ4n) is 0.640. The molecule has 0 aromatic carbocycles. The minimum Gasteiger partial charge on any atom is -0.374 e. The van der Waals surface area contributed by atoms with Crippen molar-refractivity contribution in [3.63, 3.8) is 0 Å². The maximum atomic E-state index is 5.10. The van der Waals surface area contributed by atoms with Gasteiger partial charge in [-0.05, 0) is 5.70 Å². The second kappa shape index (κ2) is 7.44. The van der Waals surface area contributed by atoms with Crippen molar-refractivity contribution in [3.8, 4) is 0 Å². The van der Waals surface area contributed by atoms with Gasteiger partial charge < -0.3 is 13.3 Å². The van der Waals surface area contributed by atoms with Crippen LogP contribution < -0.4 is 0 Å². The molecule has 0 rings (SSSR count). The Hall–Kier alpha value is -0.206. The van der Waals surface area contributed by atoms with E-state index < -0.39 is 8.80 Å². The Labute approximate surface area is 79.4 Å². The van der Waals surface area contributed by atoms with Crippen LogP contribution in [0.25, 0.3) is 0 Å². The standard InChI is InChI=1S/C7H14O3Si.Si/c1-5-6-7-11(8-2,9-3)10-4;/h5-7H,1H2,2-4H3;. The molecule has 0 heterocycles. The van der Waals surface area contributed by atoms with Gasteiger partial charge in [0.05, 0.1) is 0 Å². The molecule has 0 spiro atoms. The molecule has 4 radical (unpaired) electrons. The Bertz CT molecular complexity index is 135. The summed E-state index contributed by atoms with van der Waals surface area (Å²) in [6.07, 6.45) is 3.40. The highest BCUT2D eigenvalue weighted by molar-refractivity contribution is 6.66. The van der Waals surface area contributed by atoms with Crippen molar-refractivity contribution in [2.24, 2.45) is 0 Å². The quantitative estimate of drug-likeness (QED) is 0.487. The van der Waals surface area contributed by atoms with Gasteiger partial charge in [0.25, 0.3) is 0 Å². The number of rotatable bonds is 5. The molecule has 0 unspecified atom stereocenters. The van der Waals surface area contributed by atoms with Crippen molar-refractivity contribution in [1.82, 2.24) is 0 Å². The molecule has 0 N–H and O–H groups in total. The Kier molecular flexibility index (Phi) is 8.89. The van der Waals surface area contributed by atoms with E-state index in [1.165, 1.54) is 0 Å².